The van der Waals surface area contributed by atoms with Gasteiger partial charge in [-0.3, -0.25) is 9.05 Å². The first-order valence-corrected chi connectivity index (χ1v) is 4.87. The molecule has 6 heteroatoms. The summed E-state index contributed by atoms with van der Waals surface area (Å²) in [6.07, 6.45) is -0.214. The second-order valence-electron chi connectivity index (χ2n) is 2.14. The Morgan fingerprint density at radius 2 is 2.18 bits per heavy atom. The molecular formula is C5H11O5P. The zero-order valence-corrected chi connectivity index (χ0v) is 7.12. The molecule has 1 aliphatic heterocycles. The SMILES string of the molecule is CCOC1COP(=O)(O)OC1. The van der Waals surface area contributed by atoms with Crippen molar-refractivity contribution >= 4 is 7.82 Å². The minimum absolute atomic E-state index is 0.127. The van der Waals surface area contributed by atoms with E-state index in [-0.39, 0.29) is 19.3 Å². The van der Waals surface area contributed by atoms with E-state index in [2.05, 4.69) is 9.05 Å². The van der Waals surface area contributed by atoms with E-state index in [4.69, 9.17) is 9.63 Å². The summed E-state index contributed by atoms with van der Waals surface area (Å²) in [4.78, 5) is 8.72. The van der Waals surface area contributed by atoms with Crippen molar-refractivity contribution in [1.29, 1.82) is 0 Å². The molecule has 0 amide bonds. The topological polar surface area (TPSA) is 65.0 Å². The van der Waals surface area contributed by atoms with E-state index >= 15 is 0 Å². The Kier molecular flexibility index (Phi) is 3.04. The molecule has 0 atom stereocenters. The summed E-state index contributed by atoms with van der Waals surface area (Å²) in [5.41, 5.74) is 0. The molecular weight excluding hydrogens is 171 g/mol. The highest BCUT2D eigenvalue weighted by atomic mass is 31.2. The van der Waals surface area contributed by atoms with Gasteiger partial charge >= 0.3 is 7.82 Å². The average Bonchev–Trinajstić information content (AvgIpc) is 1.94. The smallest absolute Gasteiger partial charge is 0.374 e. The minimum atomic E-state index is -3.73. The van der Waals surface area contributed by atoms with Crippen molar-refractivity contribution < 1.29 is 23.2 Å². The van der Waals surface area contributed by atoms with E-state index in [0.717, 1.165) is 0 Å². The van der Waals surface area contributed by atoms with E-state index in [0.29, 0.717) is 6.61 Å². The van der Waals surface area contributed by atoms with E-state index < -0.39 is 7.82 Å². The van der Waals surface area contributed by atoms with E-state index in [1.165, 1.54) is 0 Å². The average molecular weight is 182 g/mol. The van der Waals surface area contributed by atoms with Crippen molar-refractivity contribution in [3.8, 4) is 0 Å². The fraction of sp³-hybridized carbons (Fsp3) is 1.00. The molecule has 0 saturated carbocycles. The highest BCUT2D eigenvalue weighted by Gasteiger charge is 2.30. The van der Waals surface area contributed by atoms with Crippen LogP contribution in [0.3, 0.4) is 0 Å². The second kappa shape index (κ2) is 3.65. The Morgan fingerprint density at radius 3 is 2.64 bits per heavy atom. The molecule has 0 unspecified atom stereocenters. The first kappa shape index (κ1) is 9.16. The van der Waals surface area contributed by atoms with Crippen molar-refractivity contribution in [3.05, 3.63) is 0 Å². The van der Waals surface area contributed by atoms with Crippen LogP contribution in [0.5, 0.6) is 0 Å². The molecule has 1 fully saturated rings. The summed E-state index contributed by atoms with van der Waals surface area (Å²) in [5, 5.41) is 0. The van der Waals surface area contributed by atoms with Crippen LogP contribution in [0.2, 0.25) is 0 Å². The minimum Gasteiger partial charge on any atom is -0.374 e. The van der Waals surface area contributed by atoms with Crippen LogP contribution < -0.4 is 0 Å². The quantitative estimate of drug-likeness (QED) is 0.631. The predicted molar refractivity (Wildman–Crippen MR) is 37.1 cm³/mol. The molecule has 0 radical (unpaired) electrons. The predicted octanol–water partition coefficient (Wildman–Crippen LogP) is 0.539. The van der Waals surface area contributed by atoms with Gasteiger partial charge in [0.1, 0.15) is 6.10 Å². The van der Waals surface area contributed by atoms with E-state index in [9.17, 15) is 4.57 Å². The monoisotopic (exact) mass is 182 g/mol. The number of phosphoric ester groups is 1. The lowest BCUT2D eigenvalue weighted by molar-refractivity contribution is -0.0450. The third-order valence-electron chi connectivity index (χ3n) is 1.25. The van der Waals surface area contributed by atoms with Crippen molar-refractivity contribution in [2.75, 3.05) is 19.8 Å². The van der Waals surface area contributed by atoms with Gasteiger partial charge in [-0.25, -0.2) is 4.57 Å². The van der Waals surface area contributed by atoms with Crippen LogP contribution in [0.25, 0.3) is 0 Å². The highest BCUT2D eigenvalue weighted by molar-refractivity contribution is 7.47. The van der Waals surface area contributed by atoms with Crippen molar-refractivity contribution in [3.63, 3.8) is 0 Å². The van der Waals surface area contributed by atoms with Crippen molar-refractivity contribution in [2.24, 2.45) is 0 Å². The lowest BCUT2D eigenvalue weighted by Gasteiger charge is -2.24. The van der Waals surface area contributed by atoms with Crippen LogP contribution in [0.4, 0.5) is 0 Å². The molecule has 1 rings (SSSR count). The summed E-state index contributed by atoms with van der Waals surface area (Å²) >= 11 is 0. The van der Waals surface area contributed by atoms with Gasteiger partial charge in [0.15, 0.2) is 0 Å². The maximum Gasteiger partial charge on any atom is 0.472 e. The Balaban J connectivity index is 2.30. The molecule has 1 heterocycles. The molecule has 0 spiro atoms. The van der Waals surface area contributed by atoms with Crippen LogP contribution in [-0.4, -0.2) is 30.8 Å². The maximum atomic E-state index is 10.6. The summed E-state index contributed by atoms with van der Waals surface area (Å²) in [6, 6.07) is 0. The Morgan fingerprint density at radius 1 is 1.64 bits per heavy atom. The Hall–Kier alpha value is 0.0700. The number of ether oxygens (including phenoxy) is 1. The number of hydrogen-bond donors (Lipinski definition) is 1. The lowest BCUT2D eigenvalue weighted by Crippen LogP contribution is -2.29. The first-order valence-electron chi connectivity index (χ1n) is 3.37. The molecule has 1 N–H and O–H groups in total. The third kappa shape index (κ3) is 2.89. The van der Waals surface area contributed by atoms with Crippen LogP contribution in [-0.2, 0) is 18.3 Å². The molecule has 0 aromatic rings. The van der Waals surface area contributed by atoms with Crippen LogP contribution in [0.15, 0.2) is 0 Å². The molecule has 0 aromatic heterocycles. The molecule has 0 aliphatic carbocycles. The molecule has 66 valence electrons. The van der Waals surface area contributed by atoms with Gasteiger partial charge in [-0.1, -0.05) is 0 Å². The van der Waals surface area contributed by atoms with Gasteiger partial charge in [-0.2, -0.15) is 0 Å². The molecule has 1 aliphatic rings. The number of hydrogen-bond acceptors (Lipinski definition) is 4. The molecule has 5 nitrogen and oxygen atoms in total. The fourth-order valence-electron chi connectivity index (χ4n) is 0.772. The Labute approximate surface area is 64.9 Å². The van der Waals surface area contributed by atoms with Gasteiger partial charge in [-0.15, -0.1) is 0 Å². The zero-order valence-electron chi connectivity index (χ0n) is 6.23. The summed E-state index contributed by atoms with van der Waals surface area (Å²) in [5.74, 6) is 0. The maximum absolute atomic E-state index is 10.6. The van der Waals surface area contributed by atoms with Gasteiger partial charge in [0.25, 0.3) is 0 Å². The summed E-state index contributed by atoms with van der Waals surface area (Å²) < 4.78 is 24.7. The van der Waals surface area contributed by atoms with Crippen LogP contribution in [0.1, 0.15) is 6.92 Å². The fourth-order valence-corrected chi connectivity index (χ4v) is 1.56. The lowest BCUT2D eigenvalue weighted by atomic mass is 10.4. The largest absolute Gasteiger partial charge is 0.472 e. The molecule has 0 aromatic carbocycles. The van der Waals surface area contributed by atoms with Gasteiger partial charge < -0.3 is 9.63 Å². The zero-order chi connectivity index (χ0) is 8.32. The van der Waals surface area contributed by atoms with Gasteiger partial charge in [0, 0.05) is 6.61 Å². The van der Waals surface area contributed by atoms with Crippen molar-refractivity contribution in [1.82, 2.24) is 0 Å². The van der Waals surface area contributed by atoms with Crippen molar-refractivity contribution in [2.45, 2.75) is 13.0 Å². The van der Waals surface area contributed by atoms with Gasteiger partial charge in [0.2, 0.25) is 0 Å². The first-order chi connectivity index (χ1) is 5.14. The number of rotatable bonds is 2. The summed E-state index contributed by atoms with van der Waals surface area (Å²) in [6.45, 7) is 2.64. The van der Waals surface area contributed by atoms with E-state index in [1.54, 1.807) is 0 Å². The summed E-state index contributed by atoms with van der Waals surface area (Å²) in [7, 11) is -3.73. The van der Waals surface area contributed by atoms with Gasteiger partial charge in [0.05, 0.1) is 13.2 Å². The standard InChI is InChI=1S/C5H11O5P/c1-2-8-5-3-9-11(6,7)10-4-5/h5H,2-4H2,1H3,(H,6,7). The molecule has 1 saturated heterocycles. The van der Waals surface area contributed by atoms with Gasteiger partial charge in [-0.05, 0) is 6.92 Å². The normalized spacial score (nSPS) is 38.9. The van der Waals surface area contributed by atoms with E-state index in [1.807, 2.05) is 6.92 Å². The Bertz CT molecular complexity index is 158. The third-order valence-corrected chi connectivity index (χ3v) is 2.20. The molecule has 11 heavy (non-hydrogen) atoms. The molecule has 0 bridgehead atoms. The highest BCUT2D eigenvalue weighted by Crippen LogP contribution is 2.45. The van der Waals surface area contributed by atoms with Crippen LogP contribution >= 0.6 is 7.82 Å². The second-order valence-corrected chi connectivity index (χ2v) is 3.59. The number of phosphoric acid groups is 1. The van der Waals surface area contributed by atoms with Crippen LogP contribution in [0, 0.1) is 0 Å².